The zero-order chi connectivity index (χ0) is 18.3. The lowest BCUT2D eigenvalue weighted by Gasteiger charge is -2.13. The fourth-order valence-electron chi connectivity index (χ4n) is 1.72. The first-order chi connectivity index (χ1) is 10.9. The number of nitrogens with zero attached hydrogens (tertiary/aromatic N) is 3. The highest BCUT2D eigenvalue weighted by Gasteiger charge is 2.34. The third-order valence-corrected chi connectivity index (χ3v) is 2.79. The topological polar surface area (TPSA) is 90.9 Å². The van der Waals surface area contributed by atoms with Gasteiger partial charge in [0.15, 0.2) is 11.4 Å². The van der Waals surface area contributed by atoms with Gasteiger partial charge in [0.25, 0.3) is 11.5 Å². The number of alkyl halides is 6. The van der Waals surface area contributed by atoms with Gasteiger partial charge in [-0.05, 0) is 6.07 Å². The normalized spacial score (nSPS) is 12.2. The van der Waals surface area contributed by atoms with Crippen LogP contribution >= 0.6 is 0 Å². The van der Waals surface area contributed by atoms with Crippen LogP contribution in [0.15, 0.2) is 29.5 Å². The van der Waals surface area contributed by atoms with Gasteiger partial charge in [0.05, 0.1) is 11.3 Å². The molecule has 2 aromatic rings. The summed E-state index contributed by atoms with van der Waals surface area (Å²) in [7, 11) is 0. The molecule has 0 bridgehead atoms. The van der Waals surface area contributed by atoms with Gasteiger partial charge < -0.3 is 5.73 Å². The Hall–Kier alpha value is -2.92. The third kappa shape index (κ3) is 3.36. The van der Waals surface area contributed by atoms with E-state index in [0.29, 0.717) is 23.2 Å². The molecule has 0 aliphatic heterocycles. The predicted octanol–water partition coefficient (Wildman–Crippen LogP) is 1.76. The fraction of sp³-hybridized carbons (Fsp3) is 0.167. The van der Waals surface area contributed by atoms with Gasteiger partial charge in [-0.25, -0.2) is 9.97 Å². The van der Waals surface area contributed by atoms with Crippen LogP contribution in [0.5, 0.6) is 0 Å². The molecule has 0 fully saturated rings. The van der Waals surface area contributed by atoms with E-state index in [1.54, 1.807) is 0 Å². The van der Waals surface area contributed by atoms with Crippen molar-refractivity contribution in [3.8, 4) is 5.69 Å². The van der Waals surface area contributed by atoms with Crippen LogP contribution in [0.4, 0.5) is 26.3 Å². The molecule has 0 aliphatic carbocycles. The SMILES string of the molecule is NC(=O)c1ncc(C(F)(F)F)cc1-n1cnc(C(F)(F)F)cc1=O. The van der Waals surface area contributed by atoms with Crippen molar-refractivity contribution >= 4 is 5.91 Å². The molecule has 1 amide bonds. The molecular weight excluding hydrogens is 346 g/mol. The van der Waals surface area contributed by atoms with E-state index in [4.69, 9.17) is 5.73 Å². The second kappa shape index (κ2) is 5.62. The molecule has 2 N–H and O–H groups in total. The number of hydrogen-bond donors (Lipinski definition) is 1. The van der Waals surface area contributed by atoms with Crippen molar-refractivity contribution in [1.82, 2.24) is 14.5 Å². The summed E-state index contributed by atoms with van der Waals surface area (Å²) in [6.45, 7) is 0. The molecule has 12 heteroatoms. The molecular formula is C12H6F6N4O2. The second-order valence-electron chi connectivity index (χ2n) is 4.43. The average Bonchev–Trinajstić information content (AvgIpc) is 2.44. The maximum absolute atomic E-state index is 12.7. The van der Waals surface area contributed by atoms with Gasteiger partial charge in [-0.1, -0.05) is 0 Å². The van der Waals surface area contributed by atoms with Crippen molar-refractivity contribution in [3.05, 3.63) is 52.0 Å². The Bertz CT molecular complexity index is 856. The fourth-order valence-corrected chi connectivity index (χ4v) is 1.72. The third-order valence-electron chi connectivity index (χ3n) is 2.79. The maximum Gasteiger partial charge on any atom is 0.433 e. The molecule has 6 nitrogen and oxygen atoms in total. The lowest BCUT2D eigenvalue weighted by atomic mass is 10.2. The van der Waals surface area contributed by atoms with Gasteiger partial charge in [-0.2, -0.15) is 26.3 Å². The van der Waals surface area contributed by atoms with Crippen molar-refractivity contribution < 1.29 is 31.1 Å². The van der Waals surface area contributed by atoms with Crippen molar-refractivity contribution in [2.24, 2.45) is 5.73 Å². The van der Waals surface area contributed by atoms with Crippen LogP contribution in [-0.4, -0.2) is 20.4 Å². The zero-order valence-electron chi connectivity index (χ0n) is 11.3. The highest BCUT2D eigenvalue weighted by molar-refractivity contribution is 5.94. The molecule has 0 aliphatic rings. The highest BCUT2D eigenvalue weighted by Crippen LogP contribution is 2.30. The smallest absolute Gasteiger partial charge is 0.364 e. The number of carbonyl (C=O) groups is 1. The molecule has 0 aromatic carbocycles. The zero-order valence-corrected chi connectivity index (χ0v) is 11.3. The Kier molecular flexibility index (Phi) is 4.08. The van der Waals surface area contributed by atoms with Gasteiger partial charge in [0, 0.05) is 12.3 Å². The minimum Gasteiger partial charge on any atom is -0.364 e. The van der Waals surface area contributed by atoms with Crippen LogP contribution in [0.2, 0.25) is 0 Å². The van der Waals surface area contributed by atoms with Gasteiger partial charge in [0.2, 0.25) is 0 Å². The lowest BCUT2D eigenvalue weighted by molar-refractivity contribution is -0.141. The summed E-state index contributed by atoms with van der Waals surface area (Å²) in [5, 5.41) is 0. The van der Waals surface area contributed by atoms with E-state index in [9.17, 15) is 35.9 Å². The van der Waals surface area contributed by atoms with Gasteiger partial charge in [0.1, 0.15) is 6.33 Å². The Labute approximate surface area is 128 Å². The molecule has 0 atom stereocenters. The first kappa shape index (κ1) is 17.4. The van der Waals surface area contributed by atoms with Crippen LogP contribution in [0.25, 0.3) is 5.69 Å². The molecule has 2 aromatic heterocycles. The summed E-state index contributed by atoms with van der Waals surface area (Å²) in [4.78, 5) is 29.2. The molecule has 0 unspecified atom stereocenters. The van der Waals surface area contributed by atoms with Crippen molar-refractivity contribution in [3.63, 3.8) is 0 Å². The Morgan fingerprint density at radius 3 is 2.12 bits per heavy atom. The number of amides is 1. The minimum atomic E-state index is -4.92. The molecule has 0 spiro atoms. The number of halogens is 6. The van der Waals surface area contributed by atoms with E-state index in [2.05, 4.69) is 9.97 Å². The first-order valence-electron chi connectivity index (χ1n) is 5.94. The van der Waals surface area contributed by atoms with Crippen LogP contribution < -0.4 is 11.3 Å². The predicted molar refractivity (Wildman–Crippen MR) is 66.2 cm³/mol. The van der Waals surface area contributed by atoms with Crippen molar-refractivity contribution in [2.45, 2.75) is 12.4 Å². The van der Waals surface area contributed by atoms with Crippen molar-refractivity contribution in [1.29, 1.82) is 0 Å². The molecule has 2 heterocycles. The summed E-state index contributed by atoms with van der Waals surface area (Å²) in [5.41, 5.74) is -0.724. The maximum atomic E-state index is 12.7. The standard InChI is InChI=1S/C12H6F6N4O2/c13-11(14,15)5-1-6(9(10(19)24)20-3-5)22-4-21-7(2-8(22)23)12(16,17)18/h1-4H,(H2,19,24). The van der Waals surface area contributed by atoms with Crippen LogP contribution in [0, 0.1) is 0 Å². The van der Waals surface area contributed by atoms with E-state index < -0.39 is 46.5 Å². The number of aromatic nitrogens is 3. The quantitative estimate of drug-likeness (QED) is 0.834. The van der Waals surface area contributed by atoms with Crippen LogP contribution in [0.1, 0.15) is 21.7 Å². The number of hydrogen-bond acceptors (Lipinski definition) is 4. The summed E-state index contributed by atoms with van der Waals surface area (Å²) < 4.78 is 76.0. The number of pyridine rings is 1. The van der Waals surface area contributed by atoms with Crippen LogP contribution in [-0.2, 0) is 12.4 Å². The molecule has 2 rings (SSSR count). The second-order valence-corrected chi connectivity index (χ2v) is 4.43. The van der Waals surface area contributed by atoms with Gasteiger partial charge in [-0.15, -0.1) is 0 Å². The summed E-state index contributed by atoms with van der Waals surface area (Å²) in [5.74, 6) is -1.27. The largest absolute Gasteiger partial charge is 0.433 e. The lowest BCUT2D eigenvalue weighted by Crippen LogP contribution is -2.26. The van der Waals surface area contributed by atoms with Crippen LogP contribution in [0.3, 0.4) is 0 Å². The van der Waals surface area contributed by atoms with Gasteiger partial charge in [-0.3, -0.25) is 14.2 Å². The number of primary amides is 1. The van der Waals surface area contributed by atoms with E-state index in [1.165, 1.54) is 0 Å². The number of rotatable bonds is 2. The van der Waals surface area contributed by atoms with E-state index in [-0.39, 0.29) is 6.07 Å². The highest BCUT2D eigenvalue weighted by atomic mass is 19.4. The molecule has 0 saturated heterocycles. The van der Waals surface area contributed by atoms with E-state index in [0.717, 1.165) is 0 Å². The number of carbonyl (C=O) groups excluding carboxylic acids is 1. The Balaban J connectivity index is 2.71. The van der Waals surface area contributed by atoms with Gasteiger partial charge >= 0.3 is 12.4 Å². The Morgan fingerprint density at radius 2 is 1.67 bits per heavy atom. The summed E-state index contributed by atoms with van der Waals surface area (Å²) in [6.07, 6.45) is -9.13. The number of nitrogens with two attached hydrogens (primary N) is 1. The molecule has 24 heavy (non-hydrogen) atoms. The molecule has 128 valence electrons. The Morgan fingerprint density at radius 1 is 1.04 bits per heavy atom. The molecule has 0 saturated carbocycles. The molecule has 0 radical (unpaired) electrons. The summed E-state index contributed by atoms with van der Waals surface area (Å²) >= 11 is 0. The summed E-state index contributed by atoms with van der Waals surface area (Å²) in [6, 6.07) is 0.439. The average molecular weight is 352 g/mol. The van der Waals surface area contributed by atoms with E-state index >= 15 is 0 Å². The van der Waals surface area contributed by atoms with E-state index in [1.807, 2.05) is 0 Å². The monoisotopic (exact) mass is 352 g/mol. The minimum absolute atomic E-state index is 0.0744. The van der Waals surface area contributed by atoms with Crippen molar-refractivity contribution in [2.75, 3.05) is 0 Å². The first-order valence-corrected chi connectivity index (χ1v) is 5.94.